The summed E-state index contributed by atoms with van der Waals surface area (Å²) in [6.07, 6.45) is 13.4. The summed E-state index contributed by atoms with van der Waals surface area (Å²) >= 11 is 0. The Morgan fingerprint density at radius 2 is 0.459 bits per heavy atom. The third-order valence-electron chi connectivity index (χ3n) is 25.1. The molecule has 4 aliphatic carbocycles. The van der Waals surface area contributed by atoms with E-state index in [0.29, 0.717) is 0 Å². The van der Waals surface area contributed by atoms with Crippen LogP contribution in [0.1, 0.15) is 185 Å². The van der Waals surface area contributed by atoms with Crippen LogP contribution in [0.25, 0.3) is 112 Å². The minimum absolute atomic E-state index is 0.0203. The SMILES string of the molecule is CCC1(CC)c2ccccc2-c2ccc(/C=C(/c3ccc(-c4c5ccccc5c(-c5ccc(/C(=C/c6ccc7c(c6)C(CC)(CC)c6ccccc6-7)c6ccc7c(c6)C(CC)(CC)c6ccccc6-7)cc5)c5ccccc45)cc3)c3ccc4c(c3)C(CC)(CC)c3ccccc3-4)cc21. The second kappa shape index (κ2) is 23.8. The van der Waals surface area contributed by atoms with Gasteiger partial charge in [0.15, 0.2) is 0 Å². The molecule has 0 radical (unpaired) electrons. The van der Waals surface area contributed by atoms with E-state index in [0.717, 1.165) is 51.4 Å². The molecule has 0 aromatic heterocycles. The zero-order chi connectivity index (χ0) is 66.7. The molecular weight excluding hydrogens is 1180 g/mol. The number of hydrogen-bond acceptors (Lipinski definition) is 0. The monoisotopic (exact) mass is 1260 g/mol. The Balaban J connectivity index is 0.787. The van der Waals surface area contributed by atoms with Crippen LogP contribution in [0.3, 0.4) is 0 Å². The van der Waals surface area contributed by atoms with Gasteiger partial charge in [-0.25, -0.2) is 0 Å². The number of fused-ring (bicyclic) bond motifs is 14. The van der Waals surface area contributed by atoms with Crippen molar-refractivity contribution in [2.24, 2.45) is 0 Å². The van der Waals surface area contributed by atoms with Crippen molar-refractivity contribution in [1.29, 1.82) is 0 Å². The standard InChI is InChI=1S/C98H86/c1-9-95(10-2)85-37-25-21-29-71(85)75-53-41-63(59-89(75)95)57-83(69-51-55-77-73-31-23-27-39-87(73)97(13-5,14-6)91(77)61-69)65-43-47-67(48-44-65)93-79-33-17-19-35-81(79)94(82-36-20-18-34-80(82)93)68-49-45-66(46-50-68)84(70-52-56-78-74-32-24-28-40-88(74)98(15-7,16-8)92(78)62-70)58-64-42-54-76-72-30-22-26-38-86(72)96(11-3,12-4)90(76)60-64/h17-62H,9-16H2,1-8H3/b83-57-,84-58-. The summed E-state index contributed by atoms with van der Waals surface area (Å²) < 4.78 is 0. The highest BCUT2D eigenvalue weighted by molar-refractivity contribution is 6.21. The molecule has 0 atom stereocenters. The molecule has 0 amide bonds. The molecule has 98 heavy (non-hydrogen) atoms. The fourth-order valence-corrected chi connectivity index (χ4v) is 19.8. The quantitative estimate of drug-likeness (QED) is 0.0668. The van der Waals surface area contributed by atoms with Gasteiger partial charge in [0.25, 0.3) is 0 Å². The third kappa shape index (κ3) is 8.88. The van der Waals surface area contributed by atoms with Crippen LogP contribution in [-0.4, -0.2) is 0 Å². The molecule has 4 aliphatic rings. The van der Waals surface area contributed by atoms with Crippen molar-refractivity contribution < 1.29 is 0 Å². The summed E-state index contributed by atoms with van der Waals surface area (Å²) in [7, 11) is 0. The van der Waals surface area contributed by atoms with Crippen molar-refractivity contribution in [1.82, 2.24) is 0 Å². The van der Waals surface area contributed by atoms with E-state index in [1.807, 2.05) is 0 Å². The van der Waals surface area contributed by atoms with E-state index in [-0.39, 0.29) is 21.7 Å². The first-order chi connectivity index (χ1) is 48.1. The summed E-state index contributed by atoms with van der Waals surface area (Å²) in [4.78, 5) is 0. The minimum atomic E-state index is -0.0455. The van der Waals surface area contributed by atoms with Crippen molar-refractivity contribution in [2.75, 3.05) is 0 Å². The first kappa shape index (κ1) is 61.5. The molecule has 0 saturated heterocycles. The number of benzene rings is 13. The highest BCUT2D eigenvalue weighted by atomic mass is 14.5. The molecule has 0 nitrogen and oxygen atoms in total. The van der Waals surface area contributed by atoms with E-state index in [9.17, 15) is 0 Å². The van der Waals surface area contributed by atoms with Crippen molar-refractivity contribution in [3.8, 4) is 66.8 Å². The van der Waals surface area contributed by atoms with Gasteiger partial charge in [-0.15, -0.1) is 0 Å². The lowest BCUT2D eigenvalue weighted by Gasteiger charge is -2.30. The molecule has 0 saturated carbocycles. The van der Waals surface area contributed by atoms with Crippen molar-refractivity contribution in [3.63, 3.8) is 0 Å². The van der Waals surface area contributed by atoms with Crippen LogP contribution >= 0.6 is 0 Å². The molecule has 0 bridgehead atoms. The zero-order valence-electron chi connectivity index (χ0n) is 58.2. The van der Waals surface area contributed by atoms with E-state index < -0.39 is 0 Å². The highest BCUT2D eigenvalue weighted by Crippen LogP contribution is 2.58. The van der Waals surface area contributed by atoms with Crippen LogP contribution in [-0.2, 0) is 21.7 Å². The molecule has 13 aromatic carbocycles. The second-order valence-electron chi connectivity index (χ2n) is 28.6. The van der Waals surface area contributed by atoms with Crippen LogP contribution in [0.2, 0.25) is 0 Å². The lowest BCUT2D eigenvalue weighted by Crippen LogP contribution is -2.23. The van der Waals surface area contributed by atoms with Crippen LogP contribution in [0.15, 0.2) is 267 Å². The molecule has 0 N–H and O–H groups in total. The van der Waals surface area contributed by atoms with E-state index in [1.54, 1.807) is 0 Å². The molecule has 17 rings (SSSR count). The van der Waals surface area contributed by atoms with E-state index in [1.165, 1.54) is 177 Å². The topological polar surface area (TPSA) is 0 Å². The molecule has 0 heterocycles. The normalized spacial score (nSPS) is 15.3. The van der Waals surface area contributed by atoms with Crippen molar-refractivity contribution in [3.05, 3.63) is 345 Å². The summed E-state index contributed by atoms with van der Waals surface area (Å²) in [5.41, 5.74) is 37.4. The summed E-state index contributed by atoms with van der Waals surface area (Å²) in [6.45, 7) is 19.0. The molecule has 0 fully saturated rings. The largest absolute Gasteiger partial charge is 0.0642 e. The molecular formula is C98H86. The van der Waals surface area contributed by atoms with Gasteiger partial charge in [-0.2, -0.15) is 0 Å². The van der Waals surface area contributed by atoms with Gasteiger partial charge >= 0.3 is 0 Å². The lowest BCUT2D eigenvalue weighted by atomic mass is 9.73. The van der Waals surface area contributed by atoms with Gasteiger partial charge in [0.1, 0.15) is 0 Å². The first-order valence-electron chi connectivity index (χ1n) is 36.7. The van der Waals surface area contributed by atoms with Crippen molar-refractivity contribution in [2.45, 2.75) is 128 Å². The van der Waals surface area contributed by atoms with Gasteiger partial charge in [0, 0.05) is 21.7 Å². The molecule has 0 spiro atoms. The molecule has 0 heteroatoms. The van der Waals surface area contributed by atoms with Gasteiger partial charge < -0.3 is 0 Å². The fraction of sp³-hybridized carbons (Fsp3) is 0.204. The Hall–Kier alpha value is -10.1. The Morgan fingerprint density at radius 3 is 0.745 bits per heavy atom. The Labute approximate surface area is 581 Å². The van der Waals surface area contributed by atoms with Crippen molar-refractivity contribution >= 4 is 44.8 Å². The van der Waals surface area contributed by atoms with E-state index in [4.69, 9.17) is 0 Å². The van der Waals surface area contributed by atoms with Crippen LogP contribution in [0.5, 0.6) is 0 Å². The van der Waals surface area contributed by atoms with Crippen LogP contribution in [0, 0.1) is 0 Å². The molecule has 0 aliphatic heterocycles. The first-order valence-corrected chi connectivity index (χ1v) is 36.7. The second-order valence-corrected chi connectivity index (χ2v) is 28.6. The maximum Gasteiger partial charge on any atom is 0.0210 e. The highest BCUT2D eigenvalue weighted by Gasteiger charge is 2.44. The van der Waals surface area contributed by atoms with Crippen LogP contribution in [0.4, 0.5) is 0 Å². The van der Waals surface area contributed by atoms with E-state index >= 15 is 0 Å². The average molecular weight is 1260 g/mol. The molecule has 0 unspecified atom stereocenters. The van der Waals surface area contributed by atoms with Gasteiger partial charge in [-0.1, -0.05) is 310 Å². The van der Waals surface area contributed by atoms with Crippen LogP contribution < -0.4 is 0 Å². The Bertz CT molecular complexity index is 5010. The number of rotatable bonds is 16. The summed E-state index contributed by atoms with van der Waals surface area (Å²) in [5, 5.41) is 5.00. The Kier molecular flexibility index (Phi) is 15.0. The molecule has 478 valence electrons. The maximum absolute atomic E-state index is 2.56. The fourth-order valence-electron chi connectivity index (χ4n) is 19.8. The minimum Gasteiger partial charge on any atom is -0.0642 e. The predicted octanol–water partition coefficient (Wildman–Crippen LogP) is 26.9. The smallest absolute Gasteiger partial charge is 0.0210 e. The third-order valence-corrected chi connectivity index (χ3v) is 25.1. The Morgan fingerprint density at radius 1 is 0.224 bits per heavy atom. The van der Waals surface area contributed by atoms with Gasteiger partial charge in [0.2, 0.25) is 0 Å². The average Bonchev–Trinajstić information content (AvgIpc) is 1.53. The lowest BCUT2D eigenvalue weighted by molar-refractivity contribution is 0.490. The summed E-state index contributed by atoms with van der Waals surface area (Å²) in [5.74, 6) is 0. The zero-order valence-corrected chi connectivity index (χ0v) is 58.2. The van der Waals surface area contributed by atoms with Gasteiger partial charge in [-0.05, 0) is 253 Å². The molecule has 13 aromatic rings. The predicted molar refractivity (Wildman–Crippen MR) is 419 cm³/mol. The van der Waals surface area contributed by atoms with Gasteiger partial charge in [0.05, 0.1) is 0 Å². The number of hydrogen-bond donors (Lipinski definition) is 0. The summed E-state index contributed by atoms with van der Waals surface area (Å²) in [6, 6.07) is 103. The maximum atomic E-state index is 2.56. The van der Waals surface area contributed by atoms with E-state index in [2.05, 4.69) is 334 Å². The van der Waals surface area contributed by atoms with Gasteiger partial charge in [-0.3, -0.25) is 0 Å².